The minimum atomic E-state index is -0.693. The maximum Gasteiger partial charge on any atom is 0.307 e. The normalized spacial score (nSPS) is 27.4. The molecule has 1 aromatic heterocycles. The van der Waals surface area contributed by atoms with Crippen LogP contribution in [0.2, 0.25) is 0 Å². The van der Waals surface area contributed by atoms with Gasteiger partial charge in [-0.15, -0.1) is 0 Å². The van der Waals surface area contributed by atoms with Crippen molar-refractivity contribution in [3.8, 4) is 0 Å². The Morgan fingerprint density at radius 2 is 2.20 bits per heavy atom. The number of nitrogens with zero attached hydrogens (tertiary/aromatic N) is 1. The monoisotopic (exact) mass is 205 g/mol. The number of aryl methyl sites for hydroxylation is 1. The summed E-state index contributed by atoms with van der Waals surface area (Å²) >= 11 is 0. The van der Waals surface area contributed by atoms with E-state index in [1.165, 1.54) is 0 Å². The first-order chi connectivity index (χ1) is 6.96. The van der Waals surface area contributed by atoms with Crippen molar-refractivity contribution in [1.29, 1.82) is 0 Å². The van der Waals surface area contributed by atoms with Gasteiger partial charge in [0.05, 0.1) is 5.92 Å². The predicted molar refractivity (Wildman–Crippen MR) is 56.6 cm³/mol. The quantitative estimate of drug-likeness (QED) is 0.805. The van der Waals surface area contributed by atoms with E-state index >= 15 is 0 Å². The molecule has 1 saturated carbocycles. The van der Waals surface area contributed by atoms with E-state index < -0.39 is 5.97 Å². The minimum Gasteiger partial charge on any atom is -0.481 e. The third-order valence-corrected chi connectivity index (χ3v) is 3.49. The van der Waals surface area contributed by atoms with E-state index in [4.69, 9.17) is 5.11 Å². The first-order valence-corrected chi connectivity index (χ1v) is 5.09. The first kappa shape index (κ1) is 10.1. The average molecular weight is 205 g/mol. The zero-order valence-electron chi connectivity index (χ0n) is 9.19. The van der Waals surface area contributed by atoms with Crippen LogP contribution in [0.15, 0.2) is 18.5 Å². The van der Waals surface area contributed by atoms with Crippen LogP contribution in [-0.4, -0.2) is 16.1 Å². The van der Waals surface area contributed by atoms with Crippen molar-refractivity contribution in [2.45, 2.75) is 26.7 Å². The largest absolute Gasteiger partial charge is 0.481 e. The molecule has 1 heterocycles. The predicted octanol–water partition coefficient (Wildman–Crippen LogP) is 2.21. The number of hydrogen-bond acceptors (Lipinski definition) is 2. The lowest BCUT2D eigenvalue weighted by Gasteiger charge is -2.05. The number of aliphatic carboxylic acids is 1. The Morgan fingerprint density at radius 3 is 2.67 bits per heavy atom. The van der Waals surface area contributed by atoms with Crippen molar-refractivity contribution in [2.24, 2.45) is 11.3 Å². The van der Waals surface area contributed by atoms with Gasteiger partial charge >= 0.3 is 5.97 Å². The summed E-state index contributed by atoms with van der Waals surface area (Å²) in [5, 5.41) is 9.10. The zero-order valence-corrected chi connectivity index (χ0v) is 9.19. The molecule has 0 unspecified atom stereocenters. The summed E-state index contributed by atoms with van der Waals surface area (Å²) in [6.07, 6.45) is 3.53. The lowest BCUT2D eigenvalue weighted by molar-refractivity contribution is -0.139. The SMILES string of the molecule is Cc1cnccc1[C@H]1[C@H](C(=O)O)C1(C)C. The molecule has 2 atom stereocenters. The molecular formula is C12H15NO2. The number of pyridine rings is 1. The molecule has 0 bridgehead atoms. The van der Waals surface area contributed by atoms with Gasteiger partial charge in [0.15, 0.2) is 0 Å². The van der Waals surface area contributed by atoms with E-state index in [0.717, 1.165) is 11.1 Å². The van der Waals surface area contributed by atoms with E-state index in [-0.39, 0.29) is 17.3 Å². The summed E-state index contributed by atoms with van der Waals surface area (Å²) < 4.78 is 0. The molecule has 1 N–H and O–H groups in total. The van der Waals surface area contributed by atoms with Gasteiger partial charge in [0.1, 0.15) is 0 Å². The third-order valence-electron chi connectivity index (χ3n) is 3.49. The molecule has 3 heteroatoms. The van der Waals surface area contributed by atoms with Gasteiger partial charge in [-0.05, 0) is 29.5 Å². The molecule has 1 fully saturated rings. The summed E-state index contributed by atoms with van der Waals surface area (Å²) in [7, 11) is 0. The van der Waals surface area contributed by atoms with Gasteiger partial charge in [0.25, 0.3) is 0 Å². The molecule has 1 aliphatic rings. The smallest absolute Gasteiger partial charge is 0.307 e. The standard InChI is InChI=1S/C12H15NO2/c1-7-6-13-5-4-8(7)9-10(11(14)15)12(9,2)3/h4-6,9-10H,1-3H3,(H,14,15)/t9-,10+/m0/s1. The van der Waals surface area contributed by atoms with Crippen LogP contribution in [0, 0.1) is 18.3 Å². The lowest BCUT2D eigenvalue weighted by atomic mass is 10.0. The number of carboxylic acid groups (broad SMARTS) is 1. The number of carbonyl (C=O) groups is 1. The van der Waals surface area contributed by atoms with E-state index in [1.54, 1.807) is 12.4 Å². The molecule has 1 aromatic rings. The van der Waals surface area contributed by atoms with E-state index in [1.807, 2.05) is 26.8 Å². The fourth-order valence-electron chi connectivity index (χ4n) is 2.51. The maximum atomic E-state index is 11.1. The second kappa shape index (κ2) is 3.05. The molecule has 0 saturated heterocycles. The summed E-state index contributed by atoms with van der Waals surface area (Å²) in [5.74, 6) is -0.808. The molecule has 1 aliphatic carbocycles. The third kappa shape index (κ3) is 1.42. The van der Waals surface area contributed by atoms with Gasteiger partial charge < -0.3 is 5.11 Å². The Bertz CT molecular complexity index is 412. The van der Waals surface area contributed by atoms with Crippen molar-refractivity contribution in [1.82, 2.24) is 4.98 Å². The van der Waals surface area contributed by atoms with Crippen LogP contribution in [0.1, 0.15) is 30.9 Å². The second-order valence-corrected chi connectivity index (χ2v) is 4.85. The summed E-state index contributed by atoms with van der Waals surface area (Å²) in [6, 6.07) is 1.94. The summed E-state index contributed by atoms with van der Waals surface area (Å²) in [4.78, 5) is 15.1. The second-order valence-electron chi connectivity index (χ2n) is 4.85. The molecule has 80 valence electrons. The van der Waals surface area contributed by atoms with Crippen molar-refractivity contribution < 1.29 is 9.90 Å². The molecule has 15 heavy (non-hydrogen) atoms. The van der Waals surface area contributed by atoms with Crippen LogP contribution in [0.25, 0.3) is 0 Å². The molecule has 0 aliphatic heterocycles. The molecule has 3 nitrogen and oxygen atoms in total. The number of rotatable bonds is 2. The zero-order chi connectivity index (χ0) is 11.2. The summed E-state index contributed by atoms with van der Waals surface area (Å²) in [6.45, 7) is 6.00. The highest BCUT2D eigenvalue weighted by Gasteiger charge is 2.62. The fraction of sp³-hybridized carbons (Fsp3) is 0.500. The molecule has 2 rings (SSSR count). The highest BCUT2D eigenvalue weighted by Crippen LogP contribution is 2.64. The minimum absolute atomic E-state index is 0.127. The molecular weight excluding hydrogens is 190 g/mol. The topological polar surface area (TPSA) is 50.2 Å². The molecule has 0 aromatic carbocycles. The van der Waals surface area contributed by atoms with E-state index in [0.29, 0.717) is 0 Å². The van der Waals surface area contributed by atoms with Crippen LogP contribution >= 0.6 is 0 Å². The van der Waals surface area contributed by atoms with Crippen LogP contribution in [0.4, 0.5) is 0 Å². The maximum absolute atomic E-state index is 11.1. The van der Waals surface area contributed by atoms with E-state index in [2.05, 4.69) is 4.98 Å². The van der Waals surface area contributed by atoms with Gasteiger partial charge in [-0.3, -0.25) is 9.78 Å². The van der Waals surface area contributed by atoms with Gasteiger partial charge in [0.2, 0.25) is 0 Å². The number of aromatic nitrogens is 1. The summed E-state index contributed by atoms with van der Waals surface area (Å²) in [5.41, 5.74) is 2.08. The first-order valence-electron chi connectivity index (χ1n) is 5.09. The van der Waals surface area contributed by atoms with Crippen molar-refractivity contribution in [3.05, 3.63) is 29.6 Å². The van der Waals surface area contributed by atoms with Crippen molar-refractivity contribution in [2.75, 3.05) is 0 Å². The van der Waals surface area contributed by atoms with Crippen LogP contribution < -0.4 is 0 Å². The van der Waals surface area contributed by atoms with Crippen molar-refractivity contribution >= 4 is 5.97 Å². The Morgan fingerprint density at radius 1 is 1.53 bits per heavy atom. The van der Waals surface area contributed by atoms with Crippen LogP contribution in [0.3, 0.4) is 0 Å². The Balaban J connectivity index is 2.36. The van der Waals surface area contributed by atoms with Crippen molar-refractivity contribution in [3.63, 3.8) is 0 Å². The lowest BCUT2D eigenvalue weighted by Crippen LogP contribution is -2.03. The molecule has 0 amide bonds. The number of hydrogen-bond donors (Lipinski definition) is 1. The highest BCUT2D eigenvalue weighted by atomic mass is 16.4. The Kier molecular flexibility index (Phi) is 2.07. The number of carboxylic acids is 1. The van der Waals surface area contributed by atoms with Gasteiger partial charge in [-0.2, -0.15) is 0 Å². The molecule has 0 spiro atoms. The van der Waals surface area contributed by atoms with E-state index in [9.17, 15) is 4.79 Å². The van der Waals surface area contributed by atoms with Crippen LogP contribution in [-0.2, 0) is 4.79 Å². The van der Waals surface area contributed by atoms with Crippen LogP contribution in [0.5, 0.6) is 0 Å². The highest BCUT2D eigenvalue weighted by molar-refractivity contribution is 5.77. The molecule has 0 radical (unpaired) electrons. The Hall–Kier alpha value is -1.38. The van der Waals surface area contributed by atoms with Gasteiger partial charge in [-0.1, -0.05) is 13.8 Å². The fourth-order valence-corrected chi connectivity index (χ4v) is 2.51. The Labute approximate surface area is 89.2 Å². The van der Waals surface area contributed by atoms with Gasteiger partial charge in [-0.25, -0.2) is 0 Å². The average Bonchev–Trinajstić information content (AvgIpc) is 2.70. The van der Waals surface area contributed by atoms with Gasteiger partial charge in [0, 0.05) is 18.3 Å².